The zero-order valence-electron chi connectivity index (χ0n) is 14.9. The third kappa shape index (κ3) is 3.37. The van der Waals surface area contributed by atoms with Gasteiger partial charge in [-0.2, -0.15) is 15.4 Å². The normalized spacial score (nSPS) is 10.6. The summed E-state index contributed by atoms with van der Waals surface area (Å²) in [6, 6.07) is 11.5. The van der Waals surface area contributed by atoms with Crippen molar-refractivity contribution in [3.05, 3.63) is 58.8 Å². The first kappa shape index (κ1) is 17.5. The highest BCUT2D eigenvalue weighted by molar-refractivity contribution is 5.96. The van der Waals surface area contributed by atoms with Crippen molar-refractivity contribution < 1.29 is 14.3 Å². The summed E-state index contributed by atoms with van der Waals surface area (Å²) < 4.78 is 11.5. The van der Waals surface area contributed by atoms with Crippen LogP contribution in [0.25, 0.3) is 11.3 Å². The Bertz CT molecular complexity index is 929. The van der Waals surface area contributed by atoms with Crippen LogP contribution in [0.2, 0.25) is 0 Å². The number of ether oxygens (including phenoxy) is 2. The Balaban J connectivity index is 1.93. The van der Waals surface area contributed by atoms with E-state index in [2.05, 4.69) is 15.4 Å². The summed E-state index contributed by atoms with van der Waals surface area (Å²) in [5.41, 5.74) is 9.49. The zero-order chi connectivity index (χ0) is 18.7. The monoisotopic (exact) mass is 352 g/mol. The Morgan fingerprint density at radius 2 is 1.88 bits per heavy atom. The molecule has 0 atom stereocenters. The number of primary amides is 1. The van der Waals surface area contributed by atoms with Gasteiger partial charge in [-0.3, -0.25) is 4.79 Å². The van der Waals surface area contributed by atoms with Crippen molar-refractivity contribution >= 4 is 5.91 Å². The standard InChI is InChI=1S/C19H20N4O3/c1-11-5-4-6-12(2)18(11)26-10-14-9-13(7-8-15(14)25-3)16-17(19(20)24)22-23-21-16/h4-9H,10H2,1-3H3,(H2,20,24)(H,21,22,23). The largest absolute Gasteiger partial charge is 0.496 e. The summed E-state index contributed by atoms with van der Waals surface area (Å²) >= 11 is 0. The molecule has 0 saturated carbocycles. The van der Waals surface area contributed by atoms with E-state index in [9.17, 15) is 4.79 Å². The minimum atomic E-state index is -0.641. The van der Waals surface area contributed by atoms with Gasteiger partial charge in [-0.05, 0) is 43.2 Å². The molecule has 1 aromatic heterocycles. The number of rotatable bonds is 6. The van der Waals surface area contributed by atoms with Gasteiger partial charge in [0.25, 0.3) is 5.91 Å². The minimum Gasteiger partial charge on any atom is -0.496 e. The quantitative estimate of drug-likeness (QED) is 0.710. The Kier molecular flexibility index (Phi) is 4.88. The Morgan fingerprint density at radius 3 is 2.54 bits per heavy atom. The molecular formula is C19H20N4O3. The van der Waals surface area contributed by atoms with Gasteiger partial charge in [0, 0.05) is 11.1 Å². The van der Waals surface area contributed by atoms with Crippen LogP contribution in [0.4, 0.5) is 0 Å². The minimum absolute atomic E-state index is 0.0942. The molecule has 0 unspecified atom stereocenters. The predicted octanol–water partition coefficient (Wildman–Crippen LogP) is 2.78. The lowest BCUT2D eigenvalue weighted by Crippen LogP contribution is -2.12. The number of nitrogens with one attached hydrogen (secondary N) is 1. The number of methoxy groups -OCH3 is 1. The molecule has 3 aromatic rings. The van der Waals surface area contributed by atoms with E-state index >= 15 is 0 Å². The second kappa shape index (κ2) is 7.26. The van der Waals surface area contributed by atoms with Gasteiger partial charge in [0.15, 0.2) is 5.69 Å². The van der Waals surface area contributed by atoms with Crippen LogP contribution in [-0.4, -0.2) is 28.4 Å². The molecule has 0 spiro atoms. The van der Waals surface area contributed by atoms with E-state index < -0.39 is 5.91 Å². The van der Waals surface area contributed by atoms with E-state index in [1.165, 1.54) is 0 Å². The first-order valence-corrected chi connectivity index (χ1v) is 8.08. The average Bonchev–Trinajstić information content (AvgIpc) is 3.11. The molecule has 134 valence electrons. The zero-order valence-corrected chi connectivity index (χ0v) is 14.9. The summed E-state index contributed by atoms with van der Waals surface area (Å²) in [4.78, 5) is 11.5. The third-order valence-electron chi connectivity index (χ3n) is 4.12. The van der Waals surface area contributed by atoms with Crippen molar-refractivity contribution in [1.29, 1.82) is 0 Å². The van der Waals surface area contributed by atoms with Crippen LogP contribution in [-0.2, 0) is 6.61 Å². The number of para-hydroxylation sites is 1. The molecule has 2 aromatic carbocycles. The van der Waals surface area contributed by atoms with Gasteiger partial charge in [0.05, 0.1) is 7.11 Å². The van der Waals surface area contributed by atoms with Crippen molar-refractivity contribution in [2.75, 3.05) is 7.11 Å². The third-order valence-corrected chi connectivity index (χ3v) is 4.12. The van der Waals surface area contributed by atoms with Crippen LogP contribution in [0.1, 0.15) is 27.2 Å². The van der Waals surface area contributed by atoms with Crippen molar-refractivity contribution in [2.24, 2.45) is 5.73 Å². The Labute approximate surface area is 151 Å². The summed E-state index contributed by atoms with van der Waals surface area (Å²) in [6.07, 6.45) is 0. The van der Waals surface area contributed by atoms with Crippen LogP contribution in [0, 0.1) is 13.8 Å². The molecule has 0 bridgehead atoms. The molecular weight excluding hydrogens is 332 g/mol. The van der Waals surface area contributed by atoms with Crippen LogP contribution in [0.5, 0.6) is 11.5 Å². The molecule has 1 heterocycles. The Morgan fingerprint density at radius 1 is 1.15 bits per heavy atom. The van der Waals surface area contributed by atoms with E-state index in [1.807, 2.05) is 38.1 Å². The number of aromatic nitrogens is 3. The van der Waals surface area contributed by atoms with Crippen LogP contribution >= 0.6 is 0 Å². The van der Waals surface area contributed by atoms with Crippen molar-refractivity contribution in [3.8, 4) is 22.8 Å². The number of benzene rings is 2. The highest BCUT2D eigenvalue weighted by Gasteiger charge is 2.17. The lowest BCUT2D eigenvalue weighted by Gasteiger charge is -2.14. The van der Waals surface area contributed by atoms with Crippen LogP contribution in [0.3, 0.4) is 0 Å². The summed E-state index contributed by atoms with van der Waals surface area (Å²) in [7, 11) is 1.60. The van der Waals surface area contributed by atoms with E-state index in [-0.39, 0.29) is 5.69 Å². The summed E-state index contributed by atoms with van der Waals surface area (Å²) in [6.45, 7) is 4.32. The van der Waals surface area contributed by atoms with E-state index in [0.717, 1.165) is 22.4 Å². The van der Waals surface area contributed by atoms with Crippen LogP contribution < -0.4 is 15.2 Å². The van der Waals surface area contributed by atoms with E-state index in [4.69, 9.17) is 15.2 Å². The maximum Gasteiger partial charge on any atom is 0.271 e. The summed E-state index contributed by atoms with van der Waals surface area (Å²) in [5.74, 6) is 0.890. The van der Waals surface area contributed by atoms with E-state index in [0.29, 0.717) is 23.6 Å². The van der Waals surface area contributed by atoms with Crippen molar-refractivity contribution in [3.63, 3.8) is 0 Å². The fourth-order valence-electron chi connectivity index (χ4n) is 2.82. The van der Waals surface area contributed by atoms with Crippen molar-refractivity contribution in [1.82, 2.24) is 15.4 Å². The molecule has 0 aliphatic rings. The molecule has 3 rings (SSSR count). The van der Waals surface area contributed by atoms with Gasteiger partial charge >= 0.3 is 0 Å². The molecule has 7 nitrogen and oxygen atoms in total. The van der Waals surface area contributed by atoms with Crippen molar-refractivity contribution in [2.45, 2.75) is 20.5 Å². The highest BCUT2D eigenvalue weighted by atomic mass is 16.5. The molecule has 26 heavy (non-hydrogen) atoms. The molecule has 0 saturated heterocycles. The number of hydrogen-bond donors (Lipinski definition) is 2. The fourth-order valence-corrected chi connectivity index (χ4v) is 2.82. The second-order valence-corrected chi connectivity index (χ2v) is 5.92. The number of hydrogen-bond acceptors (Lipinski definition) is 5. The fraction of sp³-hybridized carbons (Fsp3) is 0.211. The molecule has 0 radical (unpaired) electrons. The molecule has 0 fully saturated rings. The van der Waals surface area contributed by atoms with Gasteiger partial charge in [-0.25, -0.2) is 0 Å². The molecule has 1 amide bonds. The van der Waals surface area contributed by atoms with Gasteiger partial charge in [-0.1, -0.05) is 18.2 Å². The van der Waals surface area contributed by atoms with Gasteiger partial charge in [0.2, 0.25) is 0 Å². The maximum absolute atomic E-state index is 11.5. The number of nitrogens with zero attached hydrogens (tertiary/aromatic N) is 2. The first-order chi connectivity index (χ1) is 12.5. The lowest BCUT2D eigenvalue weighted by atomic mass is 10.1. The average molecular weight is 352 g/mol. The number of aryl methyl sites for hydroxylation is 2. The summed E-state index contributed by atoms with van der Waals surface area (Å²) in [5, 5.41) is 10.3. The van der Waals surface area contributed by atoms with E-state index in [1.54, 1.807) is 19.2 Å². The topological polar surface area (TPSA) is 103 Å². The number of amides is 1. The second-order valence-electron chi connectivity index (χ2n) is 5.92. The van der Waals surface area contributed by atoms with Gasteiger partial charge in [0.1, 0.15) is 23.8 Å². The number of nitrogens with two attached hydrogens (primary N) is 1. The SMILES string of the molecule is COc1ccc(-c2n[nH]nc2C(N)=O)cc1COc1c(C)cccc1C. The smallest absolute Gasteiger partial charge is 0.271 e. The van der Waals surface area contributed by atoms with Gasteiger partial charge in [-0.15, -0.1) is 0 Å². The Hall–Kier alpha value is -3.35. The highest BCUT2D eigenvalue weighted by Crippen LogP contribution is 2.29. The number of carbonyl (C=O) groups is 1. The molecule has 0 aliphatic carbocycles. The maximum atomic E-state index is 11.5. The predicted molar refractivity (Wildman–Crippen MR) is 97.1 cm³/mol. The number of aromatic amines is 1. The van der Waals surface area contributed by atoms with Gasteiger partial charge < -0.3 is 15.2 Å². The first-order valence-electron chi connectivity index (χ1n) is 8.08. The number of carbonyl (C=O) groups excluding carboxylic acids is 1. The van der Waals surface area contributed by atoms with Crippen LogP contribution in [0.15, 0.2) is 36.4 Å². The molecule has 0 aliphatic heterocycles. The lowest BCUT2D eigenvalue weighted by molar-refractivity contribution is 0.0996. The number of H-pyrrole nitrogens is 1. The molecule has 7 heteroatoms. The molecule has 3 N–H and O–H groups in total.